The van der Waals surface area contributed by atoms with E-state index in [1.807, 2.05) is 0 Å². The minimum absolute atomic E-state index is 0.216. The third-order valence-corrected chi connectivity index (χ3v) is 6.52. The number of piperidine rings is 1. The van der Waals surface area contributed by atoms with Crippen LogP contribution in [0.25, 0.3) is 11.1 Å². The Morgan fingerprint density at radius 3 is 2.65 bits per heavy atom. The molecular weight excluding hydrogens is 442 g/mol. The summed E-state index contributed by atoms with van der Waals surface area (Å²) in [5.74, 6) is -0.000755. The molecule has 0 aromatic heterocycles. The van der Waals surface area contributed by atoms with Gasteiger partial charge in [0.25, 0.3) is 5.91 Å². The molecule has 2 unspecified atom stereocenters. The molecule has 164 valence electrons. The molecule has 2 aliphatic heterocycles. The SMILES string of the molecule is COc1ccc(Cl)cc1-c1ccc2c(c1)C(=O)N1CCC(NS(C)(=O)=O)CC1C(=O)N2. The summed E-state index contributed by atoms with van der Waals surface area (Å²) in [5, 5.41) is 3.35. The molecule has 2 aliphatic rings. The molecule has 10 heteroatoms. The summed E-state index contributed by atoms with van der Waals surface area (Å²) in [7, 11) is -1.85. The minimum atomic E-state index is -3.41. The highest BCUT2D eigenvalue weighted by molar-refractivity contribution is 7.88. The Kier molecular flexibility index (Phi) is 5.67. The first-order valence-corrected chi connectivity index (χ1v) is 12.0. The van der Waals surface area contributed by atoms with Gasteiger partial charge in [0.1, 0.15) is 11.8 Å². The Balaban J connectivity index is 1.69. The first-order chi connectivity index (χ1) is 14.7. The van der Waals surface area contributed by atoms with Crippen LogP contribution in [0.3, 0.4) is 0 Å². The average molecular weight is 464 g/mol. The molecule has 2 amide bonds. The van der Waals surface area contributed by atoms with Crippen LogP contribution in [0.1, 0.15) is 23.2 Å². The number of nitrogens with one attached hydrogen (secondary N) is 2. The molecule has 31 heavy (non-hydrogen) atoms. The maximum atomic E-state index is 13.4. The van der Waals surface area contributed by atoms with Crippen LogP contribution in [0, 0.1) is 0 Å². The number of carbonyl (C=O) groups excluding carboxylic acids is 2. The number of methoxy groups -OCH3 is 1. The molecule has 1 fully saturated rings. The predicted octanol–water partition coefficient (Wildman–Crippen LogP) is 2.49. The molecule has 8 nitrogen and oxygen atoms in total. The number of benzene rings is 2. The summed E-state index contributed by atoms with van der Waals surface area (Å²) in [4.78, 5) is 27.7. The molecule has 0 radical (unpaired) electrons. The number of hydrogen-bond acceptors (Lipinski definition) is 5. The van der Waals surface area contributed by atoms with E-state index in [4.69, 9.17) is 16.3 Å². The third-order valence-electron chi connectivity index (χ3n) is 5.53. The lowest BCUT2D eigenvalue weighted by Crippen LogP contribution is -2.54. The van der Waals surface area contributed by atoms with Crippen molar-refractivity contribution < 1.29 is 22.7 Å². The van der Waals surface area contributed by atoms with Crippen LogP contribution in [0.5, 0.6) is 5.75 Å². The van der Waals surface area contributed by atoms with E-state index in [2.05, 4.69) is 10.0 Å². The largest absolute Gasteiger partial charge is 0.496 e. The van der Waals surface area contributed by atoms with E-state index in [0.717, 1.165) is 17.4 Å². The van der Waals surface area contributed by atoms with E-state index in [1.54, 1.807) is 43.5 Å². The van der Waals surface area contributed by atoms with Crippen LogP contribution in [-0.2, 0) is 14.8 Å². The molecule has 0 bridgehead atoms. The molecule has 0 spiro atoms. The van der Waals surface area contributed by atoms with Crippen LogP contribution < -0.4 is 14.8 Å². The summed E-state index contributed by atoms with van der Waals surface area (Å²) >= 11 is 6.16. The molecule has 2 aromatic rings. The highest BCUT2D eigenvalue weighted by Crippen LogP contribution is 2.36. The van der Waals surface area contributed by atoms with Crippen LogP contribution in [0.15, 0.2) is 36.4 Å². The van der Waals surface area contributed by atoms with E-state index < -0.39 is 22.1 Å². The minimum Gasteiger partial charge on any atom is -0.496 e. The molecule has 0 aliphatic carbocycles. The number of anilines is 1. The zero-order chi connectivity index (χ0) is 22.3. The van der Waals surface area contributed by atoms with Gasteiger partial charge in [0, 0.05) is 23.2 Å². The van der Waals surface area contributed by atoms with Crippen molar-refractivity contribution in [1.29, 1.82) is 0 Å². The van der Waals surface area contributed by atoms with Crippen molar-refractivity contribution in [2.45, 2.75) is 24.9 Å². The number of amides is 2. The fourth-order valence-electron chi connectivity index (χ4n) is 4.14. The van der Waals surface area contributed by atoms with Crippen molar-refractivity contribution in [3.05, 3.63) is 47.0 Å². The van der Waals surface area contributed by atoms with E-state index in [1.165, 1.54) is 4.90 Å². The van der Waals surface area contributed by atoms with Crippen molar-refractivity contribution in [3.8, 4) is 16.9 Å². The van der Waals surface area contributed by atoms with Crippen molar-refractivity contribution in [1.82, 2.24) is 9.62 Å². The lowest BCUT2D eigenvalue weighted by molar-refractivity contribution is -0.121. The molecular formula is C21H22ClN3O5S. The van der Waals surface area contributed by atoms with Gasteiger partial charge in [-0.05, 0) is 48.7 Å². The molecule has 1 saturated heterocycles. The highest BCUT2D eigenvalue weighted by Gasteiger charge is 2.40. The van der Waals surface area contributed by atoms with Crippen LogP contribution in [-0.4, -0.2) is 57.1 Å². The summed E-state index contributed by atoms with van der Waals surface area (Å²) < 4.78 is 31.1. The lowest BCUT2D eigenvalue weighted by atomic mass is 9.96. The van der Waals surface area contributed by atoms with Crippen molar-refractivity contribution in [2.24, 2.45) is 0 Å². The summed E-state index contributed by atoms with van der Waals surface area (Å²) in [6, 6.07) is 9.27. The molecule has 4 rings (SSSR count). The van der Waals surface area contributed by atoms with Crippen molar-refractivity contribution in [3.63, 3.8) is 0 Å². The number of nitrogens with zero attached hydrogens (tertiary/aromatic N) is 1. The van der Waals surface area contributed by atoms with Gasteiger partial charge in [0.05, 0.1) is 24.6 Å². The lowest BCUT2D eigenvalue weighted by Gasteiger charge is -2.37. The van der Waals surface area contributed by atoms with Gasteiger partial charge in [-0.1, -0.05) is 17.7 Å². The molecule has 2 heterocycles. The second-order valence-corrected chi connectivity index (χ2v) is 9.94. The van der Waals surface area contributed by atoms with E-state index in [9.17, 15) is 18.0 Å². The number of halogens is 1. The number of fused-ring (bicyclic) bond motifs is 2. The van der Waals surface area contributed by atoms with E-state index in [-0.39, 0.29) is 24.8 Å². The highest BCUT2D eigenvalue weighted by atomic mass is 35.5. The molecule has 2 atom stereocenters. The number of sulfonamides is 1. The Morgan fingerprint density at radius 2 is 1.94 bits per heavy atom. The Morgan fingerprint density at radius 1 is 1.16 bits per heavy atom. The summed E-state index contributed by atoms with van der Waals surface area (Å²) in [6.45, 7) is 0.272. The molecule has 0 saturated carbocycles. The fourth-order valence-corrected chi connectivity index (χ4v) is 5.13. The van der Waals surface area contributed by atoms with Crippen molar-refractivity contribution >= 4 is 39.1 Å². The van der Waals surface area contributed by atoms with Gasteiger partial charge < -0.3 is 15.0 Å². The number of carbonyl (C=O) groups is 2. The van der Waals surface area contributed by atoms with E-state index in [0.29, 0.717) is 28.4 Å². The van der Waals surface area contributed by atoms with Gasteiger partial charge in [0.15, 0.2) is 0 Å². The van der Waals surface area contributed by atoms with Gasteiger partial charge in [-0.25, -0.2) is 13.1 Å². The smallest absolute Gasteiger partial charge is 0.256 e. The van der Waals surface area contributed by atoms with Crippen LogP contribution in [0.2, 0.25) is 5.02 Å². The maximum absolute atomic E-state index is 13.4. The third kappa shape index (κ3) is 4.39. The normalized spacial score (nSPS) is 21.1. The summed E-state index contributed by atoms with van der Waals surface area (Å²) in [6.07, 6.45) is 1.73. The topological polar surface area (TPSA) is 105 Å². The van der Waals surface area contributed by atoms with Gasteiger partial charge in [0.2, 0.25) is 15.9 Å². The fraction of sp³-hybridized carbons (Fsp3) is 0.333. The number of rotatable bonds is 4. The Labute approximate surface area is 185 Å². The van der Waals surface area contributed by atoms with Gasteiger partial charge in [-0.2, -0.15) is 0 Å². The Bertz CT molecular complexity index is 1170. The number of ether oxygens (including phenoxy) is 1. The quantitative estimate of drug-likeness (QED) is 0.724. The maximum Gasteiger partial charge on any atom is 0.256 e. The first-order valence-electron chi connectivity index (χ1n) is 9.73. The second-order valence-electron chi connectivity index (χ2n) is 7.72. The predicted molar refractivity (Wildman–Crippen MR) is 118 cm³/mol. The standard InChI is InChI=1S/C21H22ClN3O5S/c1-30-19-6-4-13(22)10-15(19)12-3-5-17-16(9-12)21(27)25-8-7-14(24-31(2,28)29)11-18(25)20(26)23-17/h3-6,9-10,14,18,24H,7-8,11H2,1-2H3,(H,23,26). The monoisotopic (exact) mass is 463 g/mol. The Hall–Kier alpha value is -2.62. The molecule has 2 aromatic carbocycles. The van der Waals surface area contributed by atoms with Crippen molar-refractivity contribution in [2.75, 3.05) is 25.2 Å². The average Bonchev–Trinajstić information content (AvgIpc) is 2.81. The number of hydrogen-bond donors (Lipinski definition) is 2. The molecule has 2 N–H and O–H groups in total. The summed E-state index contributed by atoms with van der Waals surface area (Å²) in [5.41, 5.74) is 2.24. The first kappa shape index (κ1) is 21.6. The van der Waals surface area contributed by atoms with Crippen LogP contribution in [0.4, 0.5) is 5.69 Å². The zero-order valence-electron chi connectivity index (χ0n) is 17.0. The second kappa shape index (κ2) is 8.14. The van der Waals surface area contributed by atoms with Gasteiger partial charge in [-0.15, -0.1) is 0 Å². The van der Waals surface area contributed by atoms with E-state index >= 15 is 0 Å². The van der Waals surface area contributed by atoms with Crippen LogP contribution >= 0.6 is 11.6 Å². The zero-order valence-corrected chi connectivity index (χ0v) is 18.6. The van der Waals surface area contributed by atoms with Gasteiger partial charge in [-0.3, -0.25) is 9.59 Å². The van der Waals surface area contributed by atoms with Gasteiger partial charge >= 0.3 is 0 Å².